The van der Waals surface area contributed by atoms with E-state index >= 15 is 0 Å². The molecular formula is C21H30ClN3O3. The SMILES string of the molecule is COc1ccc(Cl)cc1NC(=O)CCN1CCC(C(=O)N2CCCCC2)CC1. The minimum atomic E-state index is -0.0629. The van der Waals surface area contributed by atoms with Crippen molar-refractivity contribution in [2.75, 3.05) is 45.2 Å². The van der Waals surface area contributed by atoms with Gasteiger partial charge in [0.05, 0.1) is 12.8 Å². The van der Waals surface area contributed by atoms with Crippen molar-refractivity contribution in [1.82, 2.24) is 9.80 Å². The Morgan fingerprint density at radius 2 is 1.86 bits per heavy atom. The molecule has 0 aliphatic carbocycles. The lowest BCUT2D eigenvalue weighted by molar-refractivity contribution is -0.138. The van der Waals surface area contributed by atoms with Gasteiger partial charge in [-0.1, -0.05) is 11.6 Å². The molecule has 0 radical (unpaired) electrons. The number of benzene rings is 1. The number of amides is 2. The molecule has 1 aromatic carbocycles. The highest BCUT2D eigenvalue weighted by Gasteiger charge is 2.29. The van der Waals surface area contributed by atoms with Crippen LogP contribution in [0.15, 0.2) is 18.2 Å². The molecule has 7 heteroatoms. The standard InChI is InChI=1S/C21H30ClN3O3/c1-28-19-6-5-17(22)15-18(19)23-20(26)9-14-24-12-7-16(8-13-24)21(27)25-10-3-2-4-11-25/h5-6,15-16H,2-4,7-14H2,1H3,(H,23,26). The van der Waals surface area contributed by atoms with Gasteiger partial charge in [0.25, 0.3) is 0 Å². The van der Waals surface area contributed by atoms with Crippen LogP contribution in [-0.2, 0) is 9.59 Å². The molecule has 6 nitrogen and oxygen atoms in total. The van der Waals surface area contributed by atoms with E-state index in [2.05, 4.69) is 15.1 Å². The van der Waals surface area contributed by atoms with Crippen LogP contribution >= 0.6 is 11.6 Å². The fourth-order valence-electron chi connectivity index (χ4n) is 4.03. The van der Waals surface area contributed by atoms with Crippen molar-refractivity contribution in [2.24, 2.45) is 5.92 Å². The first-order valence-electron chi connectivity index (χ1n) is 10.2. The van der Waals surface area contributed by atoms with Crippen LogP contribution in [0.4, 0.5) is 5.69 Å². The zero-order chi connectivity index (χ0) is 19.9. The van der Waals surface area contributed by atoms with Crippen LogP contribution in [-0.4, -0.2) is 61.4 Å². The summed E-state index contributed by atoms with van der Waals surface area (Å²) >= 11 is 6.01. The number of carbonyl (C=O) groups excluding carboxylic acids is 2. The fourth-order valence-corrected chi connectivity index (χ4v) is 4.20. The van der Waals surface area contributed by atoms with E-state index in [9.17, 15) is 9.59 Å². The number of likely N-dealkylation sites (tertiary alicyclic amines) is 2. The van der Waals surface area contributed by atoms with Gasteiger partial charge in [-0.3, -0.25) is 9.59 Å². The van der Waals surface area contributed by atoms with Gasteiger partial charge in [-0.05, 0) is 63.4 Å². The minimum absolute atomic E-state index is 0.0629. The van der Waals surface area contributed by atoms with Crippen molar-refractivity contribution in [1.29, 1.82) is 0 Å². The van der Waals surface area contributed by atoms with E-state index in [1.165, 1.54) is 6.42 Å². The Hall–Kier alpha value is -1.79. The normalized spacial score (nSPS) is 18.7. The number of anilines is 1. The van der Waals surface area contributed by atoms with Crippen LogP contribution in [0.5, 0.6) is 5.75 Å². The summed E-state index contributed by atoms with van der Waals surface area (Å²) in [5.74, 6) is 1.02. The number of piperidine rings is 2. The molecule has 1 N–H and O–H groups in total. The lowest BCUT2D eigenvalue weighted by Gasteiger charge is -2.35. The Bertz CT molecular complexity index is 683. The lowest BCUT2D eigenvalue weighted by Crippen LogP contribution is -2.44. The van der Waals surface area contributed by atoms with Crippen molar-refractivity contribution in [3.05, 3.63) is 23.2 Å². The number of halogens is 1. The Morgan fingerprint density at radius 1 is 1.14 bits per heavy atom. The van der Waals surface area contributed by atoms with E-state index in [0.717, 1.165) is 51.9 Å². The summed E-state index contributed by atoms with van der Waals surface area (Å²) < 4.78 is 5.26. The zero-order valence-electron chi connectivity index (χ0n) is 16.6. The van der Waals surface area contributed by atoms with Crippen molar-refractivity contribution in [2.45, 2.75) is 38.5 Å². The van der Waals surface area contributed by atoms with Crippen LogP contribution in [0.25, 0.3) is 0 Å². The Labute approximate surface area is 172 Å². The van der Waals surface area contributed by atoms with Crippen LogP contribution in [0, 0.1) is 5.92 Å². The Balaban J connectivity index is 1.41. The molecule has 28 heavy (non-hydrogen) atoms. The highest BCUT2D eigenvalue weighted by molar-refractivity contribution is 6.31. The molecule has 3 rings (SSSR count). The molecule has 2 heterocycles. The second-order valence-electron chi connectivity index (χ2n) is 7.64. The molecule has 1 aromatic rings. The third kappa shape index (κ3) is 5.61. The van der Waals surface area contributed by atoms with Crippen molar-refractivity contribution in [3.63, 3.8) is 0 Å². The first kappa shape index (κ1) is 20.9. The summed E-state index contributed by atoms with van der Waals surface area (Å²) in [7, 11) is 1.56. The van der Waals surface area contributed by atoms with Gasteiger partial charge >= 0.3 is 0 Å². The van der Waals surface area contributed by atoms with Gasteiger partial charge in [0.1, 0.15) is 5.75 Å². The van der Waals surface area contributed by atoms with Gasteiger partial charge in [-0.15, -0.1) is 0 Å². The molecule has 2 aliphatic heterocycles. The van der Waals surface area contributed by atoms with Crippen molar-refractivity contribution < 1.29 is 14.3 Å². The van der Waals surface area contributed by atoms with Crippen LogP contribution in [0.2, 0.25) is 5.02 Å². The monoisotopic (exact) mass is 407 g/mol. The number of nitrogens with zero attached hydrogens (tertiary/aromatic N) is 2. The zero-order valence-corrected chi connectivity index (χ0v) is 17.3. The van der Waals surface area contributed by atoms with E-state index < -0.39 is 0 Å². The number of methoxy groups -OCH3 is 1. The predicted octanol–water partition coefficient (Wildman–Crippen LogP) is 3.40. The van der Waals surface area contributed by atoms with Crippen LogP contribution < -0.4 is 10.1 Å². The maximum absolute atomic E-state index is 12.6. The number of ether oxygens (including phenoxy) is 1. The van der Waals surface area contributed by atoms with Gasteiger partial charge < -0.3 is 19.9 Å². The number of hydrogen-bond donors (Lipinski definition) is 1. The van der Waals surface area contributed by atoms with Crippen molar-refractivity contribution >= 4 is 29.1 Å². The smallest absolute Gasteiger partial charge is 0.225 e. The molecular weight excluding hydrogens is 378 g/mol. The molecule has 0 bridgehead atoms. The fraction of sp³-hybridized carbons (Fsp3) is 0.619. The van der Waals surface area contributed by atoms with E-state index in [1.54, 1.807) is 25.3 Å². The molecule has 0 aromatic heterocycles. The van der Waals surface area contributed by atoms with E-state index in [-0.39, 0.29) is 11.8 Å². The second-order valence-corrected chi connectivity index (χ2v) is 8.08. The molecule has 0 saturated carbocycles. The van der Waals surface area contributed by atoms with Crippen molar-refractivity contribution in [3.8, 4) is 5.75 Å². The first-order chi connectivity index (χ1) is 13.6. The van der Waals surface area contributed by atoms with E-state index in [0.29, 0.717) is 35.3 Å². The minimum Gasteiger partial charge on any atom is -0.495 e. The molecule has 154 valence electrons. The Morgan fingerprint density at radius 3 is 2.54 bits per heavy atom. The quantitative estimate of drug-likeness (QED) is 0.785. The average Bonchev–Trinajstić information content (AvgIpc) is 2.73. The summed E-state index contributed by atoms with van der Waals surface area (Å²) in [6, 6.07) is 5.16. The first-order valence-corrected chi connectivity index (χ1v) is 10.6. The summed E-state index contributed by atoms with van der Waals surface area (Å²) in [5.41, 5.74) is 0.589. The highest BCUT2D eigenvalue weighted by Crippen LogP contribution is 2.28. The Kier molecular flexibility index (Phi) is 7.57. The third-order valence-electron chi connectivity index (χ3n) is 5.70. The maximum atomic E-state index is 12.6. The third-order valence-corrected chi connectivity index (χ3v) is 5.93. The summed E-state index contributed by atoms with van der Waals surface area (Å²) in [5, 5.41) is 3.43. The topological polar surface area (TPSA) is 61.9 Å². The van der Waals surface area contributed by atoms with Gasteiger partial charge in [0.15, 0.2) is 0 Å². The largest absolute Gasteiger partial charge is 0.495 e. The van der Waals surface area contributed by atoms with Crippen LogP contribution in [0.3, 0.4) is 0 Å². The van der Waals surface area contributed by atoms with Gasteiger partial charge in [-0.25, -0.2) is 0 Å². The van der Waals surface area contributed by atoms with Gasteiger partial charge in [-0.2, -0.15) is 0 Å². The molecule has 2 aliphatic rings. The summed E-state index contributed by atoms with van der Waals surface area (Å²) in [6.45, 7) is 4.29. The van der Waals surface area contributed by atoms with Crippen LogP contribution in [0.1, 0.15) is 38.5 Å². The number of carbonyl (C=O) groups is 2. The lowest BCUT2D eigenvalue weighted by atomic mass is 9.94. The molecule has 2 amide bonds. The number of rotatable bonds is 6. The van der Waals surface area contributed by atoms with E-state index in [1.807, 2.05) is 0 Å². The molecule has 2 saturated heterocycles. The van der Waals surface area contributed by atoms with Gasteiger partial charge in [0, 0.05) is 37.0 Å². The number of nitrogens with one attached hydrogen (secondary N) is 1. The average molecular weight is 408 g/mol. The summed E-state index contributed by atoms with van der Waals surface area (Å²) in [4.78, 5) is 29.3. The van der Waals surface area contributed by atoms with Gasteiger partial charge in [0.2, 0.25) is 11.8 Å². The number of hydrogen-bond acceptors (Lipinski definition) is 4. The second kappa shape index (κ2) is 10.1. The summed E-state index contributed by atoms with van der Waals surface area (Å²) in [6.07, 6.45) is 5.69. The van der Waals surface area contributed by atoms with E-state index in [4.69, 9.17) is 16.3 Å². The molecule has 0 atom stereocenters. The molecule has 0 spiro atoms. The molecule has 0 unspecified atom stereocenters. The maximum Gasteiger partial charge on any atom is 0.225 e. The predicted molar refractivity (Wildman–Crippen MR) is 111 cm³/mol. The highest BCUT2D eigenvalue weighted by atomic mass is 35.5. The molecule has 2 fully saturated rings.